The Morgan fingerprint density at radius 1 is 1.54 bits per heavy atom. The molecule has 2 atom stereocenters. The van der Waals surface area contributed by atoms with Crippen molar-refractivity contribution in [2.24, 2.45) is 24.6 Å². The molecule has 0 amide bonds. The molecule has 0 aromatic carbocycles. The van der Waals surface area contributed by atoms with Gasteiger partial charge < -0.3 is 5.73 Å². The fraction of sp³-hybridized carbons (Fsp3) is 0.700. The molecular formula is C10H15N3. The summed E-state index contributed by atoms with van der Waals surface area (Å²) < 4.78 is 1.85. The maximum absolute atomic E-state index is 6.38. The third kappa shape index (κ3) is 0.804. The molecule has 2 unspecified atom stereocenters. The highest BCUT2D eigenvalue weighted by molar-refractivity contribution is 5.32. The molecular weight excluding hydrogens is 162 g/mol. The van der Waals surface area contributed by atoms with E-state index in [1.807, 2.05) is 17.9 Å². The lowest BCUT2D eigenvalue weighted by Crippen LogP contribution is -2.25. The summed E-state index contributed by atoms with van der Waals surface area (Å²) >= 11 is 0. The molecule has 1 aromatic heterocycles. The summed E-state index contributed by atoms with van der Waals surface area (Å²) in [5, 5.41) is 4.19. The van der Waals surface area contributed by atoms with E-state index in [-0.39, 0.29) is 5.54 Å². The van der Waals surface area contributed by atoms with Gasteiger partial charge in [0.25, 0.3) is 0 Å². The molecule has 3 rings (SSSR count). The van der Waals surface area contributed by atoms with Gasteiger partial charge in [0.15, 0.2) is 0 Å². The SMILES string of the molecule is Cn1cc(C2(N)C3CCCC32)cn1. The van der Waals surface area contributed by atoms with Gasteiger partial charge in [-0.3, -0.25) is 4.68 Å². The number of fused-ring (bicyclic) bond motifs is 1. The summed E-state index contributed by atoms with van der Waals surface area (Å²) in [7, 11) is 1.95. The van der Waals surface area contributed by atoms with Crippen molar-refractivity contribution in [1.82, 2.24) is 9.78 Å². The first kappa shape index (κ1) is 7.56. The first-order chi connectivity index (χ1) is 6.23. The van der Waals surface area contributed by atoms with Crippen LogP contribution in [0.5, 0.6) is 0 Å². The molecule has 1 aromatic rings. The van der Waals surface area contributed by atoms with Crippen LogP contribution in [0.25, 0.3) is 0 Å². The van der Waals surface area contributed by atoms with Crippen LogP contribution in [0.2, 0.25) is 0 Å². The van der Waals surface area contributed by atoms with Gasteiger partial charge in [0.1, 0.15) is 0 Å². The molecule has 0 aliphatic heterocycles. The van der Waals surface area contributed by atoms with E-state index >= 15 is 0 Å². The minimum atomic E-state index is -0.00743. The van der Waals surface area contributed by atoms with Crippen molar-refractivity contribution in [2.75, 3.05) is 0 Å². The van der Waals surface area contributed by atoms with Crippen LogP contribution in [0, 0.1) is 11.8 Å². The second kappa shape index (κ2) is 2.15. The van der Waals surface area contributed by atoms with Crippen LogP contribution in [-0.2, 0) is 12.6 Å². The lowest BCUT2D eigenvalue weighted by Gasteiger charge is -2.12. The zero-order valence-corrected chi connectivity index (χ0v) is 7.90. The van der Waals surface area contributed by atoms with E-state index < -0.39 is 0 Å². The molecule has 0 radical (unpaired) electrons. The van der Waals surface area contributed by atoms with Crippen LogP contribution < -0.4 is 5.73 Å². The van der Waals surface area contributed by atoms with Gasteiger partial charge >= 0.3 is 0 Å². The van der Waals surface area contributed by atoms with Gasteiger partial charge in [-0.05, 0) is 24.7 Å². The largest absolute Gasteiger partial charge is 0.321 e. The fourth-order valence-corrected chi connectivity index (χ4v) is 3.07. The summed E-state index contributed by atoms with van der Waals surface area (Å²) in [4.78, 5) is 0. The number of aryl methyl sites for hydroxylation is 1. The number of hydrogen-bond donors (Lipinski definition) is 1. The van der Waals surface area contributed by atoms with E-state index in [4.69, 9.17) is 5.73 Å². The molecule has 1 heterocycles. The monoisotopic (exact) mass is 177 g/mol. The van der Waals surface area contributed by atoms with Crippen LogP contribution in [0.15, 0.2) is 12.4 Å². The number of rotatable bonds is 1. The van der Waals surface area contributed by atoms with Crippen molar-refractivity contribution in [3.63, 3.8) is 0 Å². The van der Waals surface area contributed by atoms with Crippen LogP contribution in [0.1, 0.15) is 24.8 Å². The van der Waals surface area contributed by atoms with Gasteiger partial charge in [0.05, 0.1) is 11.7 Å². The Hall–Kier alpha value is -0.830. The van der Waals surface area contributed by atoms with Gasteiger partial charge in [-0.2, -0.15) is 5.10 Å². The van der Waals surface area contributed by atoms with E-state index in [9.17, 15) is 0 Å². The Morgan fingerprint density at radius 2 is 2.23 bits per heavy atom. The Kier molecular flexibility index (Phi) is 1.25. The number of nitrogens with two attached hydrogens (primary N) is 1. The van der Waals surface area contributed by atoms with Crippen molar-refractivity contribution in [3.05, 3.63) is 18.0 Å². The van der Waals surface area contributed by atoms with Crippen LogP contribution in [0.4, 0.5) is 0 Å². The van der Waals surface area contributed by atoms with E-state index in [1.165, 1.54) is 24.8 Å². The maximum Gasteiger partial charge on any atom is 0.0540 e. The molecule has 0 bridgehead atoms. The summed E-state index contributed by atoms with van der Waals surface area (Å²) in [5.41, 5.74) is 7.61. The lowest BCUT2D eigenvalue weighted by molar-refractivity contribution is 0.526. The van der Waals surface area contributed by atoms with Crippen molar-refractivity contribution >= 4 is 0 Å². The van der Waals surface area contributed by atoms with Crippen LogP contribution in [-0.4, -0.2) is 9.78 Å². The minimum absolute atomic E-state index is 0.00743. The molecule has 0 saturated heterocycles. The second-order valence-corrected chi connectivity index (χ2v) is 4.48. The van der Waals surface area contributed by atoms with E-state index in [1.54, 1.807) is 0 Å². The standard InChI is InChI=1S/C10H15N3/c1-13-6-7(5-12-13)10(11)8-3-2-4-9(8)10/h5-6,8-9H,2-4,11H2,1H3. The topological polar surface area (TPSA) is 43.8 Å². The van der Waals surface area contributed by atoms with Crippen LogP contribution in [0.3, 0.4) is 0 Å². The summed E-state index contributed by atoms with van der Waals surface area (Å²) in [6, 6.07) is 0. The number of nitrogens with zero attached hydrogens (tertiary/aromatic N) is 2. The predicted molar refractivity (Wildman–Crippen MR) is 49.9 cm³/mol. The normalized spacial score (nSPS) is 42.0. The van der Waals surface area contributed by atoms with E-state index in [0.29, 0.717) is 0 Å². The Bertz CT molecular complexity index is 332. The van der Waals surface area contributed by atoms with Crippen LogP contribution >= 0.6 is 0 Å². The third-order valence-electron chi connectivity index (χ3n) is 3.84. The first-order valence-corrected chi connectivity index (χ1v) is 5.01. The van der Waals surface area contributed by atoms with Gasteiger partial charge in [-0.15, -0.1) is 0 Å². The summed E-state index contributed by atoms with van der Waals surface area (Å²) in [6.07, 6.45) is 8.00. The fourth-order valence-electron chi connectivity index (χ4n) is 3.07. The van der Waals surface area contributed by atoms with Crippen molar-refractivity contribution in [2.45, 2.75) is 24.8 Å². The maximum atomic E-state index is 6.38. The molecule has 2 saturated carbocycles. The highest BCUT2D eigenvalue weighted by Crippen LogP contribution is 2.64. The molecule has 2 N–H and O–H groups in total. The summed E-state index contributed by atoms with van der Waals surface area (Å²) in [5.74, 6) is 1.49. The molecule has 3 nitrogen and oxygen atoms in total. The Balaban J connectivity index is 1.95. The first-order valence-electron chi connectivity index (χ1n) is 5.01. The molecule has 3 heteroatoms. The minimum Gasteiger partial charge on any atom is -0.321 e. The highest BCUT2D eigenvalue weighted by atomic mass is 15.2. The zero-order valence-electron chi connectivity index (χ0n) is 7.90. The molecule has 0 spiro atoms. The van der Waals surface area contributed by atoms with E-state index in [2.05, 4.69) is 11.3 Å². The predicted octanol–water partition coefficient (Wildman–Crippen LogP) is 1.00. The molecule has 2 aliphatic carbocycles. The average Bonchev–Trinajstić information content (AvgIpc) is 2.61. The Labute approximate surface area is 77.9 Å². The lowest BCUT2D eigenvalue weighted by atomic mass is 10.0. The third-order valence-corrected chi connectivity index (χ3v) is 3.84. The van der Waals surface area contributed by atoms with E-state index in [0.717, 1.165) is 11.8 Å². The van der Waals surface area contributed by atoms with Crippen molar-refractivity contribution in [3.8, 4) is 0 Å². The molecule has 70 valence electrons. The number of aromatic nitrogens is 2. The molecule has 2 fully saturated rings. The molecule has 13 heavy (non-hydrogen) atoms. The van der Waals surface area contributed by atoms with Crippen molar-refractivity contribution in [1.29, 1.82) is 0 Å². The Morgan fingerprint density at radius 3 is 2.77 bits per heavy atom. The van der Waals surface area contributed by atoms with Gasteiger partial charge in [-0.25, -0.2) is 0 Å². The highest BCUT2D eigenvalue weighted by Gasteiger charge is 2.64. The van der Waals surface area contributed by atoms with Gasteiger partial charge in [-0.1, -0.05) is 6.42 Å². The van der Waals surface area contributed by atoms with Gasteiger partial charge in [0, 0.05) is 18.8 Å². The zero-order chi connectivity index (χ0) is 9.05. The average molecular weight is 177 g/mol. The second-order valence-electron chi connectivity index (χ2n) is 4.48. The molecule has 2 aliphatic rings. The summed E-state index contributed by atoms with van der Waals surface area (Å²) in [6.45, 7) is 0. The quantitative estimate of drug-likeness (QED) is 0.695. The van der Waals surface area contributed by atoms with Gasteiger partial charge in [0.2, 0.25) is 0 Å². The van der Waals surface area contributed by atoms with Crippen molar-refractivity contribution < 1.29 is 0 Å². The smallest absolute Gasteiger partial charge is 0.0540 e. The number of hydrogen-bond acceptors (Lipinski definition) is 2.